The fraction of sp³-hybridized carbons (Fsp3) is 1.00. The minimum absolute atomic E-state index is 0.904. The maximum absolute atomic E-state index is 2.29. The quantitative estimate of drug-likeness (QED) is 0.363. The highest BCUT2D eigenvalue weighted by molar-refractivity contribution is 7.02. The zero-order chi connectivity index (χ0) is 6.41. The van der Waals surface area contributed by atoms with E-state index < -0.39 is 0 Å². The van der Waals surface area contributed by atoms with Crippen molar-refractivity contribution in [3.05, 3.63) is 0 Å². The Morgan fingerprint density at radius 2 is 2.25 bits per heavy atom. The molecule has 0 unspecified atom stereocenters. The zero-order valence-corrected chi connectivity index (χ0v) is 6.41. The first-order chi connectivity index (χ1) is 3.77. The summed E-state index contributed by atoms with van der Waals surface area (Å²) in [6.07, 6.45) is 4.25. The average molecular weight is 108 g/mol. The number of hydrogen-bond acceptors (Lipinski definition) is 0. The van der Waals surface area contributed by atoms with E-state index in [1.165, 1.54) is 26.3 Å². The zero-order valence-electron chi connectivity index (χ0n) is 6.41. The van der Waals surface area contributed by atoms with Crippen molar-refractivity contribution in [3.8, 4) is 0 Å². The smallest absolute Gasteiger partial charge is 0.0927 e. The Hall–Kier alpha value is 0.195. The summed E-state index contributed by atoms with van der Waals surface area (Å²) < 4.78 is 0. The minimum atomic E-state index is 0.904. The Morgan fingerprint density at radius 1 is 1.62 bits per heavy atom. The van der Waals surface area contributed by atoms with Gasteiger partial charge < -0.3 is 0 Å². The fourth-order valence-electron chi connectivity index (χ4n) is 0.803. The molecule has 44 valence electrons. The maximum atomic E-state index is 2.29. The molecule has 0 spiro atoms. The van der Waals surface area contributed by atoms with Crippen molar-refractivity contribution in [2.45, 2.75) is 32.7 Å². The van der Waals surface area contributed by atoms with Gasteiger partial charge in [-0.05, 0) is 0 Å². The summed E-state index contributed by atoms with van der Waals surface area (Å²) in [5, 5.41) is 0. The van der Waals surface area contributed by atoms with Crippen molar-refractivity contribution in [2.75, 3.05) is 0 Å². The van der Waals surface area contributed by atoms with Crippen LogP contribution in [0, 0.1) is 0 Å². The lowest BCUT2D eigenvalue weighted by atomic mass is 9.32. The first-order valence-electron chi connectivity index (χ1n) is 3.77. The van der Waals surface area contributed by atoms with Crippen LogP contribution in [0.2, 0.25) is 26.3 Å². The van der Waals surface area contributed by atoms with Gasteiger partial charge in [-0.2, -0.15) is 0 Å². The third-order valence-electron chi connectivity index (χ3n) is 1.39. The molecule has 0 nitrogen and oxygen atoms in total. The largest absolute Gasteiger partial charge is 0.117 e. The topological polar surface area (TPSA) is 0 Å². The second-order valence-corrected chi connectivity index (χ2v) is 2.89. The molecule has 0 fully saturated rings. The Morgan fingerprint density at radius 3 is 2.62 bits per heavy atom. The van der Waals surface area contributed by atoms with Gasteiger partial charge >= 0.3 is 0 Å². The second kappa shape index (κ2) is 5.33. The van der Waals surface area contributed by atoms with Crippen molar-refractivity contribution in [3.63, 3.8) is 0 Å². The van der Waals surface area contributed by atoms with Gasteiger partial charge in [0.1, 0.15) is 7.28 Å². The first-order valence-corrected chi connectivity index (χ1v) is 3.77. The molecule has 3 heteroatoms. The summed E-state index contributed by atoms with van der Waals surface area (Å²) in [6.45, 7) is 5.44. The Bertz CT molecular complexity index is 44.9. The van der Waals surface area contributed by atoms with E-state index in [-0.39, 0.29) is 0 Å². The standard InChI is InChI=1S/C5H15B3/c1-7-4-3-5-8(2)6/h7H,3-6H2,1-2H3. The predicted molar refractivity (Wildman–Crippen MR) is 47.4 cm³/mol. The third kappa shape index (κ3) is 6.19. The molecular formula is C5H15B3. The van der Waals surface area contributed by atoms with Crippen molar-refractivity contribution in [1.29, 1.82) is 0 Å². The molecule has 0 amide bonds. The molecule has 0 aromatic carbocycles. The Labute approximate surface area is 55.1 Å². The molecule has 0 aromatic heterocycles. The Balaban J connectivity index is 2.72. The SMILES string of the molecule is BB(C)CCCBC. The highest BCUT2D eigenvalue weighted by atomic mass is 13.7. The van der Waals surface area contributed by atoms with Gasteiger partial charge in [0.25, 0.3) is 0 Å². The van der Waals surface area contributed by atoms with Crippen LogP contribution in [0.4, 0.5) is 0 Å². The molecule has 0 heterocycles. The number of hydrogen-bond donors (Lipinski definition) is 0. The van der Waals surface area contributed by atoms with Crippen LogP contribution < -0.4 is 0 Å². The second-order valence-electron chi connectivity index (χ2n) is 2.89. The molecule has 8 heavy (non-hydrogen) atoms. The van der Waals surface area contributed by atoms with E-state index >= 15 is 0 Å². The normalized spacial score (nSPS) is 8.75. The molecule has 0 saturated heterocycles. The summed E-state index contributed by atoms with van der Waals surface area (Å²) in [4.78, 5) is 0. The van der Waals surface area contributed by atoms with Gasteiger partial charge in [-0.1, -0.05) is 32.7 Å². The van der Waals surface area contributed by atoms with E-state index in [2.05, 4.69) is 21.4 Å². The molecule has 0 aromatic rings. The molecule has 0 aliphatic heterocycles. The van der Waals surface area contributed by atoms with Gasteiger partial charge in [0.2, 0.25) is 0 Å². The van der Waals surface area contributed by atoms with Gasteiger partial charge in [-0.25, -0.2) is 0 Å². The molecule has 0 N–H and O–H groups in total. The summed E-state index contributed by atoms with van der Waals surface area (Å²) in [7, 11) is 3.64. The predicted octanol–water partition coefficient (Wildman–Crippen LogP) is 0.534. The summed E-state index contributed by atoms with van der Waals surface area (Å²) in [6, 6.07) is 0. The van der Waals surface area contributed by atoms with Crippen LogP contribution in [0.15, 0.2) is 0 Å². The van der Waals surface area contributed by atoms with Crippen molar-refractivity contribution in [2.24, 2.45) is 0 Å². The fourth-order valence-corrected chi connectivity index (χ4v) is 0.803. The van der Waals surface area contributed by atoms with Crippen LogP contribution in [0.25, 0.3) is 0 Å². The molecule has 0 radical (unpaired) electrons. The third-order valence-corrected chi connectivity index (χ3v) is 1.39. The molecule has 0 bridgehead atoms. The monoisotopic (exact) mass is 108 g/mol. The highest BCUT2D eigenvalue weighted by Gasteiger charge is 1.95. The molecule has 0 saturated carbocycles. The van der Waals surface area contributed by atoms with Crippen LogP contribution in [-0.2, 0) is 0 Å². The summed E-state index contributed by atoms with van der Waals surface area (Å²) in [5.41, 5.74) is 0. The molecule has 0 aliphatic carbocycles. The molecule has 0 aliphatic rings. The lowest BCUT2D eigenvalue weighted by Crippen LogP contribution is -2.05. The van der Waals surface area contributed by atoms with E-state index in [4.69, 9.17) is 0 Å². The highest BCUT2D eigenvalue weighted by Crippen LogP contribution is 1.97. The number of rotatable bonds is 4. The van der Waals surface area contributed by atoms with Gasteiger partial charge in [0.05, 0.1) is 14.3 Å². The lowest BCUT2D eigenvalue weighted by molar-refractivity contribution is 1.06. The van der Waals surface area contributed by atoms with Crippen LogP contribution in [0.3, 0.4) is 0 Å². The van der Waals surface area contributed by atoms with Crippen molar-refractivity contribution >= 4 is 21.6 Å². The first kappa shape index (κ1) is 8.19. The average Bonchev–Trinajstić information content (AvgIpc) is 1.66. The van der Waals surface area contributed by atoms with E-state index in [0.717, 1.165) is 6.60 Å². The van der Waals surface area contributed by atoms with E-state index in [1.807, 2.05) is 0 Å². The summed E-state index contributed by atoms with van der Waals surface area (Å²) >= 11 is 0. The van der Waals surface area contributed by atoms with Gasteiger partial charge in [0.15, 0.2) is 0 Å². The minimum Gasteiger partial charge on any atom is -0.0927 e. The van der Waals surface area contributed by atoms with E-state index in [9.17, 15) is 0 Å². The van der Waals surface area contributed by atoms with Crippen LogP contribution in [0.5, 0.6) is 0 Å². The van der Waals surface area contributed by atoms with Crippen LogP contribution in [0.1, 0.15) is 6.42 Å². The molecule has 0 rings (SSSR count). The van der Waals surface area contributed by atoms with Gasteiger partial charge in [0, 0.05) is 0 Å². The molecular weight excluding hydrogens is 92.5 g/mol. The Kier molecular flexibility index (Phi) is 5.46. The molecule has 0 atom stereocenters. The maximum Gasteiger partial charge on any atom is 0.117 e. The van der Waals surface area contributed by atoms with Crippen molar-refractivity contribution < 1.29 is 0 Å². The van der Waals surface area contributed by atoms with E-state index in [0.29, 0.717) is 0 Å². The lowest BCUT2D eigenvalue weighted by Gasteiger charge is -1.96. The van der Waals surface area contributed by atoms with Crippen LogP contribution in [-0.4, -0.2) is 21.6 Å². The van der Waals surface area contributed by atoms with Crippen LogP contribution >= 0.6 is 0 Å². The van der Waals surface area contributed by atoms with E-state index in [1.54, 1.807) is 0 Å². The summed E-state index contributed by atoms with van der Waals surface area (Å²) in [5.74, 6) is 0. The van der Waals surface area contributed by atoms with Gasteiger partial charge in [-0.15, -0.1) is 0 Å². The van der Waals surface area contributed by atoms with Gasteiger partial charge in [-0.3, -0.25) is 0 Å². The van der Waals surface area contributed by atoms with Crippen molar-refractivity contribution in [1.82, 2.24) is 0 Å².